The van der Waals surface area contributed by atoms with Gasteiger partial charge in [-0.05, 0) is 24.6 Å². The van der Waals surface area contributed by atoms with Gasteiger partial charge in [0.1, 0.15) is 23.2 Å². The number of carbonyl (C=O) groups is 1. The molecule has 0 aliphatic carbocycles. The predicted molar refractivity (Wildman–Crippen MR) is 101 cm³/mol. The minimum atomic E-state index is -0.426. The van der Waals surface area contributed by atoms with Crippen molar-refractivity contribution in [2.24, 2.45) is 0 Å². The van der Waals surface area contributed by atoms with Crippen LogP contribution in [-0.4, -0.2) is 5.91 Å². The molecule has 1 N–H and O–H groups in total. The maximum absolute atomic E-state index is 12.2. The number of amides is 1. The normalized spacial score (nSPS) is 11.0. The Morgan fingerprint density at radius 1 is 1.08 bits per heavy atom. The molecule has 0 saturated heterocycles. The Bertz CT molecular complexity index is 961. The SMILES string of the molecule is Cc1ccc(-c2ccc(/C=C(\C#N)C(=O)NCc3ccccc3)o2)cc1. The van der Waals surface area contributed by atoms with E-state index in [9.17, 15) is 10.1 Å². The Kier molecular flexibility index (Phi) is 5.31. The lowest BCUT2D eigenvalue weighted by atomic mass is 10.1. The standard InChI is InChI=1S/C22H18N2O2/c1-16-7-9-18(10-8-16)21-12-11-20(26-21)13-19(14-23)22(25)24-15-17-5-3-2-4-6-17/h2-13H,15H2,1H3,(H,24,25)/b19-13+. The monoisotopic (exact) mass is 342 g/mol. The second-order valence-electron chi connectivity index (χ2n) is 5.91. The van der Waals surface area contributed by atoms with E-state index in [2.05, 4.69) is 5.32 Å². The molecule has 1 amide bonds. The molecule has 0 atom stereocenters. The van der Waals surface area contributed by atoms with Crippen molar-refractivity contribution in [3.8, 4) is 17.4 Å². The van der Waals surface area contributed by atoms with Gasteiger partial charge in [0.2, 0.25) is 0 Å². The molecule has 0 bridgehead atoms. The second-order valence-corrected chi connectivity index (χ2v) is 5.91. The lowest BCUT2D eigenvalue weighted by molar-refractivity contribution is -0.117. The smallest absolute Gasteiger partial charge is 0.262 e. The molecule has 4 nitrogen and oxygen atoms in total. The van der Waals surface area contributed by atoms with Crippen molar-refractivity contribution in [2.75, 3.05) is 0 Å². The minimum absolute atomic E-state index is 0.00531. The molecule has 0 radical (unpaired) electrons. The number of nitrogens with zero attached hydrogens (tertiary/aromatic N) is 1. The van der Waals surface area contributed by atoms with Crippen molar-refractivity contribution in [2.45, 2.75) is 13.5 Å². The number of furan rings is 1. The van der Waals surface area contributed by atoms with Gasteiger partial charge in [0, 0.05) is 18.2 Å². The summed E-state index contributed by atoms with van der Waals surface area (Å²) in [5.74, 6) is 0.731. The van der Waals surface area contributed by atoms with Crippen LogP contribution in [0.1, 0.15) is 16.9 Å². The molecular formula is C22H18N2O2. The number of nitriles is 1. The molecule has 0 spiro atoms. The van der Waals surface area contributed by atoms with Crippen molar-refractivity contribution in [1.29, 1.82) is 5.26 Å². The fourth-order valence-electron chi connectivity index (χ4n) is 2.47. The van der Waals surface area contributed by atoms with Crippen LogP contribution in [0, 0.1) is 18.3 Å². The van der Waals surface area contributed by atoms with Gasteiger partial charge in [-0.15, -0.1) is 0 Å². The number of hydrogen-bond acceptors (Lipinski definition) is 3. The second kappa shape index (κ2) is 8.00. The van der Waals surface area contributed by atoms with Crippen LogP contribution in [0.15, 0.2) is 76.7 Å². The minimum Gasteiger partial charge on any atom is -0.457 e. The summed E-state index contributed by atoms with van der Waals surface area (Å²) in [6, 6.07) is 23.0. The first kappa shape index (κ1) is 17.2. The average molecular weight is 342 g/mol. The zero-order valence-corrected chi connectivity index (χ0v) is 14.4. The van der Waals surface area contributed by atoms with Gasteiger partial charge in [-0.25, -0.2) is 0 Å². The highest BCUT2D eigenvalue weighted by Gasteiger charge is 2.11. The maximum atomic E-state index is 12.2. The van der Waals surface area contributed by atoms with Crippen LogP contribution in [0.4, 0.5) is 0 Å². The van der Waals surface area contributed by atoms with Crippen molar-refractivity contribution in [3.05, 3.63) is 89.2 Å². The van der Waals surface area contributed by atoms with Gasteiger partial charge in [-0.2, -0.15) is 5.26 Å². The molecule has 0 aliphatic rings. The van der Waals surface area contributed by atoms with Crippen LogP contribution < -0.4 is 5.32 Å². The summed E-state index contributed by atoms with van der Waals surface area (Å²) in [4.78, 5) is 12.2. The predicted octanol–water partition coefficient (Wildman–Crippen LogP) is 4.48. The van der Waals surface area contributed by atoms with E-state index >= 15 is 0 Å². The molecule has 0 aliphatic heterocycles. The number of hydrogen-bond donors (Lipinski definition) is 1. The van der Waals surface area contributed by atoms with Crippen LogP contribution in [0.2, 0.25) is 0 Å². The van der Waals surface area contributed by atoms with Gasteiger partial charge in [-0.1, -0.05) is 60.2 Å². The van der Waals surface area contributed by atoms with Gasteiger partial charge in [0.05, 0.1) is 0 Å². The van der Waals surface area contributed by atoms with E-state index in [-0.39, 0.29) is 5.57 Å². The van der Waals surface area contributed by atoms with Crippen LogP contribution >= 0.6 is 0 Å². The van der Waals surface area contributed by atoms with E-state index < -0.39 is 5.91 Å². The lowest BCUT2D eigenvalue weighted by Crippen LogP contribution is -2.23. The molecule has 1 aromatic heterocycles. The van der Waals surface area contributed by atoms with Crippen LogP contribution in [0.3, 0.4) is 0 Å². The average Bonchev–Trinajstić information content (AvgIpc) is 3.14. The number of aryl methyl sites for hydroxylation is 1. The molecular weight excluding hydrogens is 324 g/mol. The van der Waals surface area contributed by atoms with Crippen LogP contribution in [0.5, 0.6) is 0 Å². The molecule has 26 heavy (non-hydrogen) atoms. The van der Waals surface area contributed by atoms with Crippen molar-refractivity contribution >= 4 is 12.0 Å². The quantitative estimate of drug-likeness (QED) is 0.549. The summed E-state index contributed by atoms with van der Waals surface area (Å²) < 4.78 is 5.75. The Labute approximate surface area is 152 Å². The van der Waals surface area contributed by atoms with Gasteiger partial charge in [0.15, 0.2) is 0 Å². The number of carbonyl (C=O) groups excluding carboxylic acids is 1. The third-order valence-electron chi connectivity index (χ3n) is 3.91. The van der Waals surface area contributed by atoms with Crippen LogP contribution in [-0.2, 0) is 11.3 Å². The van der Waals surface area contributed by atoms with Crippen molar-refractivity contribution < 1.29 is 9.21 Å². The van der Waals surface area contributed by atoms with Gasteiger partial charge in [0.25, 0.3) is 5.91 Å². The lowest BCUT2D eigenvalue weighted by Gasteiger charge is -2.03. The third-order valence-corrected chi connectivity index (χ3v) is 3.91. The summed E-state index contributed by atoms with van der Waals surface area (Å²) in [6.45, 7) is 2.39. The van der Waals surface area contributed by atoms with Gasteiger partial charge >= 0.3 is 0 Å². The van der Waals surface area contributed by atoms with E-state index in [1.807, 2.05) is 73.7 Å². The maximum Gasteiger partial charge on any atom is 0.262 e. The topological polar surface area (TPSA) is 66.0 Å². The Hall–Kier alpha value is -3.58. The molecule has 3 aromatic rings. The summed E-state index contributed by atoms with van der Waals surface area (Å²) in [7, 11) is 0. The summed E-state index contributed by atoms with van der Waals surface area (Å²) >= 11 is 0. The Balaban J connectivity index is 1.71. The first-order valence-electron chi connectivity index (χ1n) is 8.26. The van der Waals surface area contributed by atoms with Gasteiger partial charge in [-0.3, -0.25) is 4.79 Å². The fraction of sp³-hybridized carbons (Fsp3) is 0.0909. The number of nitrogens with one attached hydrogen (secondary N) is 1. The first-order valence-corrected chi connectivity index (χ1v) is 8.26. The van der Waals surface area contributed by atoms with Crippen molar-refractivity contribution in [1.82, 2.24) is 5.32 Å². The Morgan fingerprint density at radius 3 is 2.50 bits per heavy atom. The summed E-state index contributed by atoms with van der Waals surface area (Å²) in [5.41, 5.74) is 3.09. The van der Waals surface area contributed by atoms with Crippen LogP contribution in [0.25, 0.3) is 17.4 Å². The Morgan fingerprint density at radius 2 is 1.81 bits per heavy atom. The molecule has 4 heteroatoms. The molecule has 128 valence electrons. The highest BCUT2D eigenvalue weighted by Crippen LogP contribution is 2.23. The molecule has 1 heterocycles. The largest absolute Gasteiger partial charge is 0.457 e. The summed E-state index contributed by atoms with van der Waals surface area (Å²) in [6.07, 6.45) is 1.46. The van der Waals surface area contributed by atoms with E-state index in [0.29, 0.717) is 18.1 Å². The molecule has 0 fully saturated rings. The number of rotatable bonds is 5. The molecule has 0 saturated carbocycles. The zero-order valence-electron chi connectivity index (χ0n) is 14.4. The third kappa shape index (κ3) is 4.28. The molecule has 0 unspecified atom stereocenters. The van der Waals surface area contributed by atoms with E-state index in [4.69, 9.17) is 4.42 Å². The van der Waals surface area contributed by atoms with E-state index in [0.717, 1.165) is 11.1 Å². The highest BCUT2D eigenvalue weighted by atomic mass is 16.3. The highest BCUT2D eigenvalue weighted by molar-refractivity contribution is 6.01. The van der Waals surface area contributed by atoms with E-state index in [1.165, 1.54) is 11.6 Å². The molecule has 3 rings (SSSR count). The zero-order chi connectivity index (χ0) is 18.4. The van der Waals surface area contributed by atoms with Crippen molar-refractivity contribution in [3.63, 3.8) is 0 Å². The first-order chi connectivity index (χ1) is 12.7. The van der Waals surface area contributed by atoms with Gasteiger partial charge < -0.3 is 9.73 Å². The summed E-state index contributed by atoms with van der Waals surface area (Å²) in [5, 5.41) is 12.0. The fourth-order valence-corrected chi connectivity index (χ4v) is 2.47. The van der Waals surface area contributed by atoms with E-state index in [1.54, 1.807) is 6.07 Å². The molecule has 2 aromatic carbocycles. The number of benzene rings is 2.